The van der Waals surface area contributed by atoms with E-state index in [4.69, 9.17) is 9.79 Å². The van der Waals surface area contributed by atoms with E-state index in [2.05, 4.69) is 0 Å². The molecule has 3 nitrogen and oxygen atoms in total. The number of rotatable bonds is 3. The van der Waals surface area contributed by atoms with Gasteiger partial charge in [-0.05, 0) is 25.0 Å². The molecule has 0 aromatic heterocycles. The molecule has 1 aromatic rings. The zero-order chi connectivity index (χ0) is 11.5. The fraction of sp³-hybridized carbons (Fsp3) is 0.273. The standard InChI is InChI=1S/C11H15O3P/c1-9-3-5-11(6-4-9)10(2)7-8-15(12,13)14/h3-7H,8H2,1-2H3,(H2,12,13,14). The van der Waals surface area contributed by atoms with Crippen LogP contribution in [0.25, 0.3) is 5.57 Å². The van der Waals surface area contributed by atoms with E-state index in [-0.39, 0.29) is 6.16 Å². The lowest BCUT2D eigenvalue weighted by Crippen LogP contribution is -1.86. The SMILES string of the molecule is CC(=CCP(=O)(O)O)c1ccc(C)cc1. The van der Waals surface area contributed by atoms with Crippen molar-refractivity contribution in [1.29, 1.82) is 0 Å². The van der Waals surface area contributed by atoms with E-state index in [1.807, 2.05) is 38.1 Å². The van der Waals surface area contributed by atoms with Crippen LogP contribution in [0.15, 0.2) is 30.3 Å². The lowest BCUT2D eigenvalue weighted by atomic mass is 10.1. The average Bonchev–Trinajstić information content (AvgIpc) is 2.14. The number of allylic oxidation sites excluding steroid dienone is 2. The molecule has 0 saturated carbocycles. The predicted molar refractivity (Wildman–Crippen MR) is 61.7 cm³/mol. The summed E-state index contributed by atoms with van der Waals surface area (Å²) in [6.07, 6.45) is 1.37. The van der Waals surface area contributed by atoms with Gasteiger partial charge in [0, 0.05) is 0 Å². The van der Waals surface area contributed by atoms with Crippen molar-refractivity contribution in [1.82, 2.24) is 0 Å². The summed E-state index contributed by atoms with van der Waals surface area (Å²) in [5, 5.41) is 0. The Balaban J connectivity index is 2.80. The molecule has 15 heavy (non-hydrogen) atoms. The largest absolute Gasteiger partial charge is 0.329 e. The first kappa shape index (κ1) is 12.2. The summed E-state index contributed by atoms with van der Waals surface area (Å²) in [6.45, 7) is 3.85. The molecule has 0 aliphatic heterocycles. The van der Waals surface area contributed by atoms with E-state index in [0.717, 1.165) is 11.1 Å². The summed E-state index contributed by atoms with van der Waals surface area (Å²) in [7, 11) is -3.93. The highest BCUT2D eigenvalue weighted by Crippen LogP contribution is 2.35. The normalized spacial score (nSPS) is 12.9. The van der Waals surface area contributed by atoms with Gasteiger partial charge in [-0.3, -0.25) is 4.57 Å². The highest BCUT2D eigenvalue weighted by atomic mass is 31.2. The smallest absolute Gasteiger partial charge is 0.324 e. The van der Waals surface area contributed by atoms with E-state index in [0.29, 0.717) is 0 Å². The lowest BCUT2D eigenvalue weighted by molar-refractivity contribution is 0.377. The van der Waals surface area contributed by atoms with Gasteiger partial charge in [0.15, 0.2) is 0 Å². The van der Waals surface area contributed by atoms with Crippen LogP contribution in [0.1, 0.15) is 18.1 Å². The third kappa shape index (κ3) is 4.43. The maximum Gasteiger partial charge on any atom is 0.329 e. The van der Waals surface area contributed by atoms with Gasteiger partial charge in [0.05, 0.1) is 6.16 Å². The van der Waals surface area contributed by atoms with Crippen LogP contribution in [-0.2, 0) is 4.57 Å². The minimum absolute atomic E-state index is 0.202. The van der Waals surface area contributed by atoms with Gasteiger partial charge in [0.1, 0.15) is 0 Å². The average molecular weight is 226 g/mol. The third-order valence-corrected chi connectivity index (χ3v) is 2.80. The van der Waals surface area contributed by atoms with Crippen molar-refractivity contribution in [2.45, 2.75) is 13.8 Å². The van der Waals surface area contributed by atoms with Crippen LogP contribution in [0.2, 0.25) is 0 Å². The zero-order valence-corrected chi connectivity index (χ0v) is 9.74. The third-order valence-electron chi connectivity index (χ3n) is 2.14. The van der Waals surface area contributed by atoms with Crippen molar-refractivity contribution in [3.63, 3.8) is 0 Å². The molecule has 1 aromatic carbocycles. The second-order valence-corrected chi connectivity index (χ2v) is 5.29. The highest BCUT2D eigenvalue weighted by Gasteiger charge is 2.09. The summed E-state index contributed by atoms with van der Waals surface area (Å²) in [6, 6.07) is 7.84. The molecular weight excluding hydrogens is 211 g/mol. The first-order valence-corrected chi connectivity index (χ1v) is 6.46. The molecule has 0 bridgehead atoms. The van der Waals surface area contributed by atoms with Crippen molar-refractivity contribution in [3.05, 3.63) is 41.5 Å². The second-order valence-electron chi connectivity index (χ2n) is 3.60. The summed E-state index contributed by atoms with van der Waals surface area (Å²) in [5.41, 5.74) is 3.05. The molecule has 0 radical (unpaired) electrons. The van der Waals surface area contributed by atoms with Crippen LogP contribution in [-0.4, -0.2) is 15.9 Å². The minimum Gasteiger partial charge on any atom is -0.324 e. The zero-order valence-electron chi connectivity index (χ0n) is 8.84. The summed E-state index contributed by atoms with van der Waals surface area (Å²) in [5.74, 6) is 0. The molecule has 82 valence electrons. The summed E-state index contributed by atoms with van der Waals surface area (Å²) < 4.78 is 10.7. The molecule has 0 aliphatic rings. The molecule has 0 spiro atoms. The van der Waals surface area contributed by atoms with Crippen molar-refractivity contribution >= 4 is 13.2 Å². The lowest BCUT2D eigenvalue weighted by Gasteiger charge is -2.03. The second kappa shape index (κ2) is 4.75. The quantitative estimate of drug-likeness (QED) is 0.779. The molecular formula is C11H15O3P. The summed E-state index contributed by atoms with van der Waals surface area (Å²) in [4.78, 5) is 17.4. The Labute approximate surface area is 89.6 Å². The summed E-state index contributed by atoms with van der Waals surface area (Å²) >= 11 is 0. The van der Waals surface area contributed by atoms with Crippen molar-refractivity contribution in [3.8, 4) is 0 Å². The Bertz CT molecular complexity index is 400. The molecule has 0 aliphatic carbocycles. The van der Waals surface area contributed by atoms with Crippen molar-refractivity contribution in [2.75, 3.05) is 6.16 Å². The molecule has 0 saturated heterocycles. The molecule has 2 N–H and O–H groups in total. The number of aryl methyl sites for hydroxylation is 1. The Morgan fingerprint density at radius 1 is 1.33 bits per heavy atom. The Kier molecular flexibility index (Phi) is 3.86. The van der Waals surface area contributed by atoms with E-state index in [9.17, 15) is 4.57 Å². The van der Waals surface area contributed by atoms with Crippen molar-refractivity contribution < 1.29 is 14.4 Å². The van der Waals surface area contributed by atoms with Gasteiger partial charge in [-0.1, -0.05) is 35.9 Å². The molecule has 0 amide bonds. The van der Waals surface area contributed by atoms with E-state index in [1.165, 1.54) is 5.56 Å². The first-order chi connectivity index (χ1) is 6.88. The molecule has 1 rings (SSSR count). The van der Waals surface area contributed by atoms with Crippen LogP contribution in [0.4, 0.5) is 0 Å². The van der Waals surface area contributed by atoms with Crippen molar-refractivity contribution in [2.24, 2.45) is 0 Å². The maximum atomic E-state index is 10.7. The van der Waals surface area contributed by atoms with Gasteiger partial charge >= 0.3 is 7.60 Å². The number of hydrogen-bond acceptors (Lipinski definition) is 1. The number of hydrogen-bond donors (Lipinski definition) is 2. The van der Waals surface area contributed by atoms with Gasteiger partial charge in [-0.25, -0.2) is 0 Å². The van der Waals surface area contributed by atoms with Gasteiger partial charge < -0.3 is 9.79 Å². The van der Waals surface area contributed by atoms with Gasteiger partial charge in [-0.2, -0.15) is 0 Å². The Hall–Kier alpha value is -0.890. The van der Waals surface area contributed by atoms with E-state index in [1.54, 1.807) is 6.08 Å². The molecule has 4 heteroatoms. The fourth-order valence-corrected chi connectivity index (χ4v) is 1.70. The molecule has 0 heterocycles. The van der Waals surface area contributed by atoms with Crippen LogP contribution in [0, 0.1) is 6.92 Å². The monoisotopic (exact) mass is 226 g/mol. The highest BCUT2D eigenvalue weighted by molar-refractivity contribution is 7.51. The van der Waals surface area contributed by atoms with Gasteiger partial charge in [0.2, 0.25) is 0 Å². The predicted octanol–water partition coefficient (Wildman–Crippen LogP) is 2.58. The minimum atomic E-state index is -3.93. The molecule has 0 atom stereocenters. The first-order valence-electron chi connectivity index (χ1n) is 4.67. The fourth-order valence-electron chi connectivity index (χ4n) is 1.19. The number of benzene rings is 1. The van der Waals surface area contributed by atoms with Crippen LogP contribution >= 0.6 is 7.60 Å². The van der Waals surface area contributed by atoms with Gasteiger partial charge in [0.25, 0.3) is 0 Å². The van der Waals surface area contributed by atoms with Crippen LogP contribution in [0.5, 0.6) is 0 Å². The van der Waals surface area contributed by atoms with Crippen LogP contribution in [0.3, 0.4) is 0 Å². The molecule has 0 fully saturated rings. The Morgan fingerprint density at radius 2 is 1.87 bits per heavy atom. The molecule has 0 unspecified atom stereocenters. The van der Waals surface area contributed by atoms with Crippen LogP contribution < -0.4 is 0 Å². The van der Waals surface area contributed by atoms with E-state index >= 15 is 0 Å². The Morgan fingerprint density at radius 3 is 2.33 bits per heavy atom. The maximum absolute atomic E-state index is 10.7. The van der Waals surface area contributed by atoms with E-state index < -0.39 is 7.60 Å². The topological polar surface area (TPSA) is 57.5 Å². The van der Waals surface area contributed by atoms with Gasteiger partial charge in [-0.15, -0.1) is 0 Å².